The molecule has 104 valence electrons. The summed E-state index contributed by atoms with van der Waals surface area (Å²) in [4.78, 5) is 20.5. The van der Waals surface area contributed by atoms with Crippen LogP contribution in [0.5, 0.6) is 0 Å². The van der Waals surface area contributed by atoms with Gasteiger partial charge in [0.2, 0.25) is 0 Å². The SMILES string of the molecule is CC(C)c1ncc(Cl)c(C(=O)NC[C@@H]2CCCS2)n1. The second kappa shape index (κ2) is 6.57. The van der Waals surface area contributed by atoms with Gasteiger partial charge in [-0.3, -0.25) is 4.79 Å². The Morgan fingerprint density at radius 1 is 1.63 bits per heavy atom. The first-order chi connectivity index (χ1) is 9.08. The van der Waals surface area contributed by atoms with Crippen LogP contribution in [0.15, 0.2) is 6.20 Å². The third kappa shape index (κ3) is 3.83. The summed E-state index contributed by atoms with van der Waals surface area (Å²) in [6.45, 7) is 4.65. The van der Waals surface area contributed by atoms with Gasteiger partial charge < -0.3 is 5.32 Å². The summed E-state index contributed by atoms with van der Waals surface area (Å²) in [5, 5.41) is 3.74. The maximum atomic E-state index is 12.1. The monoisotopic (exact) mass is 299 g/mol. The average Bonchev–Trinajstić information content (AvgIpc) is 2.89. The third-order valence-corrected chi connectivity index (χ3v) is 4.68. The minimum atomic E-state index is -0.207. The highest BCUT2D eigenvalue weighted by Gasteiger charge is 2.19. The first kappa shape index (κ1) is 14.6. The van der Waals surface area contributed by atoms with Crippen LogP contribution in [0, 0.1) is 0 Å². The van der Waals surface area contributed by atoms with Crippen LogP contribution in [0.2, 0.25) is 5.02 Å². The Morgan fingerprint density at radius 3 is 3.05 bits per heavy atom. The zero-order chi connectivity index (χ0) is 13.8. The van der Waals surface area contributed by atoms with E-state index < -0.39 is 0 Å². The molecule has 19 heavy (non-hydrogen) atoms. The summed E-state index contributed by atoms with van der Waals surface area (Å²) >= 11 is 7.91. The fourth-order valence-electron chi connectivity index (χ4n) is 1.91. The summed E-state index contributed by atoms with van der Waals surface area (Å²) < 4.78 is 0. The van der Waals surface area contributed by atoms with Crippen LogP contribution in [-0.4, -0.2) is 33.4 Å². The van der Waals surface area contributed by atoms with E-state index in [9.17, 15) is 4.79 Å². The standard InChI is InChI=1S/C13H18ClN3OS/c1-8(2)12-15-7-10(14)11(17-12)13(18)16-6-9-4-3-5-19-9/h7-9H,3-6H2,1-2H3,(H,16,18)/t9-/m0/s1. The number of carbonyl (C=O) groups is 1. The quantitative estimate of drug-likeness (QED) is 0.929. The summed E-state index contributed by atoms with van der Waals surface area (Å²) in [7, 11) is 0. The van der Waals surface area contributed by atoms with Crippen LogP contribution in [0.1, 0.15) is 48.9 Å². The summed E-state index contributed by atoms with van der Waals surface area (Å²) in [5.41, 5.74) is 0.281. The highest BCUT2D eigenvalue weighted by molar-refractivity contribution is 8.00. The molecular formula is C13H18ClN3OS. The number of halogens is 1. The minimum absolute atomic E-state index is 0.175. The number of carbonyl (C=O) groups excluding carboxylic acids is 1. The van der Waals surface area contributed by atoms with Crippen LogP contribution in [-0.2, 0) is 0 Å². The van der Waals surface area contributed by atoms with Gasteiger partial charge in [-0.1, -0.05) is 25.4 Å². The molecule has 1 aromatic rings. The lowest BCUT2D eigenvalue weighted by Gasteiger charge is -2.11. The Hall–Kier alpha value is -0.810. The predicted octanol–water partition coefficient (Wildman–Crippen LogP) is 2.88. The molecule has 1 aromatic heterocycles. The van der Waals surface area contributed by atoms with Crippen LogP contribution in [0.3, 0.4) is 0 Å². The van der Waals surface area contributed by atoms with E-state index in [1.807, 2.05) is 25.6 Å². The molecule has 1 atom stereocenters. The van der Waals surface area contributed by atoms with Gasteiger partial charge in [0, 0.05) is 17.7 Å². The number of nitrogens with one attached hydrogen (secondary N) is 1. The molecule has 0 spiro atoms. The van der Waals surface area contributed by atoms with Gasteiger partial charge in [0.05, 0.1) is 11.2 Å². The average molecular weight is 300 g/mol. The number of aromatic nitrogens is 2. The number of amides is 1. The van der Waals surface area contributed by atoms with Gasteiger partial charge in [0.15, 0.2) is 0 Å². The molecule has 0 saturated carbocycles. The van der Waals surface area contributed by atoms with E-state index in [4.69, 9.17) is 11.6 Å². The van der Waals surface area contributed by atoms with Crippen molar-refractivity contribution >= 4 is 29.3 Å². The molecular weight excluding hydrogens is 282 g/mol. The molecule has 4 nitrogen and oxygen atoms in total. The highest BCUT2D eigenvalue weighted by Crippen LogP contribution is 2.25. The van der Waals surface area contributed by atoms with Gasteiger partial charge in [0.25, 0.3) is 5.91 Å². The molecule has 2 heterocycles. The predicted molar refractivity (Wildman–Crippen MR) is 78.9 cm³/mol. The zero-order valence-corrected chi connectivity index (χ0v) is 12.7. The van der Waals surface area contributed by atoms with Crippen LogP contribution >= 0.6 is 23.4 Å². The minimum Gasteiger partial charge on any atom is -0.350 e. The van der Waals surface area contributed by atoms with E-state index >= 15 is 0 Å². The van der Waals surface area contributed by atoms with Crippen LogP contribution in [0.4, 0.5) is 0 Å². The molecule has 2 rings (SSSR count). The molecule has 0 aromatic carbocycles. The Morgan fingerprint density at radius 2 is 2.42 bits per heavy atom. The van der Waals surface area contributed by atoms with E-state index in [0.717, 1.165) is 0 Å². The van der Waals surface area contributed by atoms with E-state index in [-0.39, 0.29) is 17.5 Å². The van der Waals surface area contributed by atoms with Gasteiger partial charge in [-0.25, -0.2) is 9.97 Å². The summed E-state index contributed by atoms with van der Waals surface area (Å²) in [6, 6.07) is 0. The van der Waals surface area contributed by atoms with Crippen molar-refractivity contribution in [2.45, 2.75) is 37.9 Å². The Kier molecular flexibility index (Phi) is 5.05. The van der Waals surface area contributed by atoms with Gasteiger partial charge in [-0.2, -0.15) is 11.8 Å². The van der Waals surface area contributed by atoms with E-state index in [0.29, 0.717) is 22.6 Å². The number of hydrogen-bond donors (Lipinski definition) is 1. The lowest BCUT2D eigenvalue weighted by molar-refractivity contribution is 0.0948. The topological polar surface area (TPSA) is 54.9 Å². The van der Waals surface area contributed by atoms with Crippen molar-refractivity contribution in [2.75, 3.05) is 12.3 Å². The molecule has 6 heteroatoms. The van der Waals surface area contributed by atoms with Crippen molar-refractivity contribution in [1.29, 1.82) is 0 Å². The third-order valence-electron chi connectivity index (χ3n) is 3.01. The number of rotatable bonds is 4. The van der Waals surface area contributed by atoms with Gasteiger partial charge in [0.1, 0.15) is 11.5 Å². The normalized spacial score (nSPS) is 18.8. The molecule has 0 radical (unpaired) electrons. The Labute approximate surface area is 122 Å². The van der Waals surface area contributed by atoms with Crippen molar-refractivity contribution in [3.05, 3.63) is 22.7 Å². The smallest absolute Gasteiger partial charge is 0.271 e. The van der Waals surface area contributed by atoms with Gasteiger partial charge in [-0.05, 0) is 18.6 Å². The largest absolute Gasteiger partial charge is 0.350 e. The first-order valence-corrected chi connectivity index (χ1v) is 7.93. The molecule has 0 aliphatic carbocycles. The van der Waals surface area contributed by atoms with Crippen molar-refractivity contribution in [3.8, 4) is 0 Å². The molecule has 1 aliphatic heterocycles. The fourth-order valence-corrected chi connectivity index (χ4v) is 3.29. The summed E-state index contributed by atoms with van der Waals surface area (Å²) in [6.07, 6.45) is 3.90. The molecule has 1 fully saturated rings. The van der Waals surface area contributed by atoms with Gasteiger partial charge >= 0.3 is 0 Å². The number of hydrogen-bond acceptors (Lipinski definition) is 4. The second-order valence-electron chi connectivity index (χ2n) is 4.92. The van der Waals surface area contributed by atoms with Gasteiger partial charge in [-0.15, -0.1) is 0 Å². The van der Waals surface area contributed by atoms with Crippen molar-refractivity contribution in [2.24, 2.45) is 0 Å². The highest BCUT2D eigenvalue weighted by atomic mass is 35.5. The Balaban J connectivity index is 2.02. The Bertz CT molecular complexity index is 461. The van der Waals surface area contributed by atoms with E-state index in [2.05, 4.69) is 15.3 Å². The fraction of sp³-hybridized carbons (Fsp3) is 0.615. The van der Waals surface area contributed by atoms with Crippen molar-refractivity contribution < 1.29 is 4.79 Å². The molecule has 1 N–H and O–H groups in total. The zero-order valence-electron chi connectivity index (χ0n) is 11.1. The molecule has 1 aliphatic rings. The van der Waals surface area contributed by atoms with Crippen molar-refractivity contribution in [1.82, 2.24) is 15.3 Å². The molecule has 1 saturated heterocycles. The van der Waals surface area contributed by atoms with Crippen LogP contribution < -0.4 is 5.32 Å². The van der Waals surface area contributed by atoms with Crippen molar-refractivity contribution in [3.63, 3.8) is 0 Å². The maximum absolute atomic E-state index is 12.1. The maximum Gasteiger partial charge on any atom is 0.271 e. The molecule has 1 amide bonds. The lowest BCUT2D eigenvalue weighted by Crippen LogP contribution is -2.31. The van der Waals surface area contributed by atoms with E-state index in [1.165, 1.54) is 24.8 Å². The second-order valence-corrected chi connectivity index (χ2v) is 6.74. The van der Waals surface area contributed by atoms with E-state index in [1.54, 1.807) is 0 Å². The molecule has 0 bridgehead atoms. The number of nitrogens with zero attached hydrogens (tertiary/aromatic N) is 2. The van der Waals surface area contributed by atoms with Crippen LogP contribution in [0.25, 0.3) is 0 Å². The number of thioether (sulfide) groups is 1. The summed E-state index contributed by atoms with van der Waals surface area (Å²) in [5.74, 6) is 1.80. The first-order valence-electron chi connectivity index (χ1n) is 6.50. The lowest BCUT2D eigenvalue weighted by atomic mass is 10.2. The molecule has 0 unspecified atom stereocenters.